The van der Waals surface area contributed by atoms with Gasteiger partial charge in [0.1, 0.15) is 13.3 Å². The molecule has 0 aromatic rings. The SMILES string of the molecule is C=CC(=O)OCCN(COC)C(=S)N1CC1. The van der Waals surface area contributed by atoms with E-state index in [-0.39, 0.29) is 6.61 Å². The van der Waals surface area contributed by atoms with Crippen molar-refractivity contribution in [1.29, 1.82) is 0 Å². The molecule has 0 spiro atoms. The Morgan fingerprint density at radius 2 is 2.31 bits per heavy atom. The van der Waals surface area contributed by atoms with Crippen LogP contribution in [0.5, 0.6) is 0 Å². The van der Waals surface area contributed by atoms with Gasteiger partial charge in [-0.3, -0.25) is 0 Å². The fourth-order valence-electron chi connectivity index (χ4n) is 1.13. The molecule has 0 aliphatic carbocycles. The standard InChI is InChI=1S/C10H16N2O3S/c1-3-9(13)15-7-6-12(8-14-2)10(16)11-4-5-11/h3H,1,4-8H2,2H3. The highest BCUT2D eigenvalue weighted by Crippen LogP contribution is 2.09. The van der Waals surface area contributed by atoms with Crippen molar-refractivity contribution >= 4 is 23.3 Å². The first-order valence-corrected chi connectivity index (χ1v) is 5.42. The van der Waals surface area contributed by atoms with Crippen molar-refractivity contribution in [1.82, 2.24) is 9.80 Å². The Kier molecular flexibility index (Phi) is 5.21. The summed E-state index contributed by atoms with van der Waals surface area (Å²) < 4.78 is 9.92. The van der Waals surface area contributed by atoms with Crippen LogP contribution in [0.2, 0.25) is 0 Å². The van der Waals surface area contributed by atoms with Crippen molar-refractivity contribution in [3.63, 3.8) is 0 Å². The van der Waals surface area contributed by atoms with E-state index in [1.54, 1.807) is 7.11 Å². The van der Waals surface area contributed by atoms with E-state index in [9.17, 15) is 4.79 Å². The minimum Gasteiger partial charge on any atom is -0.461 e. The number of ether oxygens (including phenoxy) is 2. The molecule has 5 nitrogen and oxygen atoms in total. The third-order valence-electron chi connectivity index (χ3n) is 2.05. The fourth-order valence-corrected chi connectivity index (χ4v) is 1.45. The van der Waals surface area contributed by atoms with E-state index in [1.807, 2.05) is 9.80 Å². The van der Waals surface area contributed by atoms with Crippen LogP contribution >= 0.6 is 12.2 Å². The van der Waals surface area contributed by atoms with Gasteiger partial charge in [0.25, 0.3) is 0 Å². The Bertz CT molecular complexity index is 279. The number of esters is 1. The topological polar surface area (TPSA) is 41.8 Å². The predicted octanol–water partition coefficient (Wildman–Crippen LogP) is 0.222. The molecule has 0 N–H and O–H groups in total. The largest absolute Gasteiger partial charge is 0.461 e. The minimum absolute atomic E-state index is 0.280. The van der Waals surface area contributed by atoms with Gasteiger partial charge < -0.3 is 19.3 Å². The summed E-state index contributed by atoms with van der Waals surface area (Å²) in [5.41, 5.74) is 0. The number of nitrogens with zero attached hydrogens (tertiary/aromatic N) is 2. The van der Waals surface area contributed by atoms with Crippen LogP contribution in [0.3, 0.4) is 0 Å². The highest BCUT2D eigenvalue weighted by atomic mass is 32.1. The van der Waals surface area contributed by atoms with Crippen molar-refractivity contribution in [2.24, 2.45) is 0 Å². The van der Waals surface area contributed by atoms with Gasteiger partial charge >= 0.3 is 5.97 Å². The van der Waals surface area contributed by atoms with Crippen LogP contribution in [0.1, 0.15) is 0 Å². The van der Waals surface area contributed by atoms with Gasteiger partial charge in [0.2, 0.25) is 0 Å². The molecule has 0 bridgehead atoms. The lowest BCUT2D eigenvalue weighted by molar-refractivity contribution is -0.138. The molecule has 90 valence electrons. The predicted molar refractivity (Wildman–Crippen MR) is 63.9 cm³/mol. The summed E-state index contributed by atoms with van der Waals surface area (Å²) >= 11 is 5.25. The number of hydrogen-bond acceptors (Lipinski definition) is 4. The zero-order chi connectivity index (χ0) is 12.0. The maximum atomic E-state index is 10.8. The summed E-state index contributed by atoms with van der Waals surface area (Å²) in [6.45, 7) is 6.52. The van der Waals surface area contributed by atoms with E-state index in [1.165, 1.54) is 0 Å². The summed E-state index contributed by atoms with van der Waals surface area (Å²) in [6, 6.07) is 0. The van der Waals surface area contributed by atoms with Gasteiger partial charge in [-0.15, -0.1) is 0 Å². The van der Waals surface area contributed by atoms with Gasteiger partial charge in [-0.1, -0.05) is 6.58 Å². The molecular formula is C10H16N2O3S. The van der Waals surface area contributed by atoms with Gasteiger partial charge in [0, 0.05) is 26.3 Å². The van der Waals surface area contributed by atoms with Crippen molar-refractivity contribution in [2.75, 3.05) is 40.1 Å². The van der Waals surface area contributed by atoms with Gasteiger partial charge in [-0.25, -0.2) is 4.79 Å². The molecule has 1 aliphatic heterocycles. The molecule has 1 fully saturated rings. The number of hydrogen-bond donors (Lipinski definition) is 0. The van der Waals surface area contributed by atoms with Gasteiger partial charge in [0.05, 0.1) is 6.54 Å². The average molecular weight is 244 g/mol. The second kappa shape index (κ2) is 6.44. The average Bonchev–Trinajstić information content (AvgIpc) is 3.10. The molecule has 0 aromatic heterocycles. The van der Waals surface area contributed by atoms with E-state index in [4.69, 9.17) is 21.7 Å². The van der Waals surface area contributed by atoms with Crippen molar-refractivity contribution in [3.05, 3.63) is 12.7 Å². The Balaban J connectivity index is 2.29. The summed E-state index contributed by atoms with van der Waals surface area (Å²) in [7, 11) is 1.60. The summed E-state index contributed by atoms with van der Waals surface area (Å²) in [5.74, 6) is -0.421. The molecular weight excluding hydrogens is 228 g/mol. The Hall–Kier alpha value is -1.14. The Morgan fingerprint density at radius 1 is 1.62 bits per heavy atom. The van der Waals surface area contributed by atoms with Crippen LogP contribution in [0.15, 0.2) is 12.7 Å². The molecule has 6 heteroatoms. The fraction of sp³-hybridized carbons (Fsp3) is 0.600. The maximum absolute atomic E-state index is 10.8. The molecule has 1 rings (SSSR count). The lowest BCUT2D eigenvalue weighted by Crippen LogP contribution is -2.38. The summed E-state index contributed by atoms with van der Waals surface area (Å²) in [4.78, 5) is 14.7. The molecule has 0 saturated carbocycles. The molecule has 1 aliphatic rings. The first kappa shape index (κ1) is 12.9. The van der Waals surface area contributed by atoms with Crippen LogP contribution in [0.25, 0.3) is 0 Å². The summed E-state index contributed by atoms with van der Waals surface area (Å²) in [6.07, 6.45) is 1.14. The number of carbonyl (C=O) groups is 1. The second-order valence-electron chi connectivity index (χ2n) is 3.32. The zero-order valence-corrected chi connectivity index (χ0v) is 10.2. The highest BCUT2D eigenvalue weighted by Gasteiger charge is 2.25. The Labute approximate surface area is 101 Å². The quantitative estimate of drug-likeness (QED) is 0.219. The first-order valence-electron chi connectivity index (χ1n) is 5.01. The van der Waals surface area contributed by atoms with Crippen LogP contribution in [0, 0.1) is 0 Å². The van der Waals surface area contributed by atoms with Gasteiger partial charge in [0.15, 0.2) is 5.11 Å². The van der Waals surface area contributed by atoms with Crippen LogP contribution in [0.4, 0.5) is 0 Å². The third kappa shape index (κ3) is 4.16. The Morgan fingerprint density at radius 3 is 2.81 bits per heavy atom. The van der Waals surface area contributed by atoms with E-state index < -0.39 is 5.97 Å². The van der Waals surface area contributed by atoms with E-state index in [0.717, 1.165) is 24.3 Å². The minimum atomic E-state index is -0.421. The van der Waals surface area contributed by atoms with E-state index in [2.05, 4.69) is 6.58 Å². The van der Waals surface area contributed by atoms with Crippen LogP contribution < -0.4 is 0 Å². The van der Waals surface area contributed by atoms with Crippen LogP contribution in [-0.2, 0) is 14.3 Å². The number of methoxy groups -OCH3 is 1. The van der Waals surface area contributed by atoms with E-state index >= 15 is 0 Å². The van der Waals surface area contributed by atoms with E-state index in [0.29, 0.717) is 13.3 Å². The number of thiocarbonyl (C=S) groups is 1. The maximum Gasteiger partial charge on any atom is 0.330 e. The first-order chi connectivity index (χ1) is 7.69. The molecule has 16 heavy (non-hydrogen) atoms. The lowest BCUT2D eigenvalue weighted by Gasteiger charge is -2.24. The van der Waals surface area contributed by atoms with Crippen molar-refractivity contribution in [3.8, 4) is 0 Å². The van der Waals surface area contributed by atoms with Gasteiger partial charge in [-0.05, 0) is 12.2 Å². The normalized spacial score (nSPS) is 13.2. The number of rotatable bonds is 6. The van der Waals surface area contributed by atoms with Crippen molar-refractivity contribution in [2.45, 2.75) is 0 Å². The molecule has 0 atom stereocenters. The number of carbonyl (C=O) groups excluding carboxylic acids is 1. The molecule has 0 amide bonds. The molecule has 0 radical (unpaired) electrons. The van der Waals surface area contributed by atoms with Crippen molar-refractivity contribution < 1.29 is 14.3 Å². The monoisotopic (exact) mass is 244 g/mol. The molecule has 1 saturated heterocycles. The van der Waals surface area contributed by atoms with Gasteiger partial charge in [-0.2, -0.15) is 0 Å². The molecule has 0 aromatic carbocycles. The highest BCUT2D eigenvalue weighted by molar-refractivity contribution is 7.80. The second-order valence-corrected chi connectivity index (χ2v) is 3.69. The molecule has 1 heterocycles. The zero-order valence-electron chi connectivity index (χ0n) is 9.35. The smallest absolute Gasteiger partial charge is 0.330 e. The van der Waals surface area contributed by atoms with Crippen LogP contribution in [-0.4, -0.2) is 61.0 Å². The molecule has 0 unspecified atom stereocenters. The summed E-state index contributed by atoms with van der Waals surface area (Å²) in [5, 5.41) is 0.747. The third-order valence-corrected chi connectivity index (χ3v) is 2.56. The lowest BCUT2D eigenvalue weighted by atomic mass is 10.6.